The second kappa shape index (κ2) is 3.01. The highest BCUT2D eigenvalue weighted by atomic mass is 16.4. The Hall–Kier alpha value is -1.58. The zero-order chi connectivity index (χ0) is 8.27. The van der Waals surface area contributed by atoms with Gasteiger partial charge in [-0.25, -0.2) is 4.79 Å². The molecule has 0 aliphatic heterocycles. The van der Waals surface area contributed by atoms with Crippen molar-refractivity contribution in [3.8, 4) is 0 Å². The lowest BCUT2D eigenvalue weighted by atomic mass is 10.2. The number of aromatic amines is 1. The van der Waals surface area contributed by atoms with Gasteiger partial charge in [-0.3, -0.25) is 5.10 Å². The summed E-state index contributed by atoms with van der Waals surface area (Å²) in [4.78, 5) is 10.1. The SMILES string of the molecule is Cc1[nH]ncc1/C=C/C(=O)O. The van der Waals surface area contributed by atoms with Gasteiger partial charge in [0.25, 0.3) is 0 Å². The lowest BCUT2D eigenvalue weighted by Gasteiger charge is -1.84. The number of hydrogen-bond acceptors (Lipinski definition) is 2. The Bertz CT molecular complexity index is 288. The number of nitrogens with zero attached hydrogens (tertiary/aromatic N) is 1. The maximum Gasteiger partial charge on any atom is 0.328 e. The van der Waals surface area contributed by atoms with Gasteiger partial charge in [-0.05, 0) is 13.0 Å². The van der Waals surface area contributed by atoms with Crippen LogP contribution in [-0.4, -0.2) is 21.3 Å². The molecule has 0 unspecified atom stereocenters. The molecule has 0 radical (unpaired) electrons. The van der Waals surface area contributed by atoms with Gasteiger partial charge in [0, 0.05) is 17.3 Å². The van der Waals surface area contributed by atoms with Crippen LogP contribution in [-0.2, 0) is 4.79 Å². The number of aliphatic carboxylic acids is 1. The summed E-state index contributed by atoms with van der Waals surface area (Å²) in [6, 6.07) is 0. The molecule has 0 amide bonds. The molecule has 11 heavy (non-hydrogen) atoms. The second-order valence-corrected chi connectivity index (χ2v) is 2.12. The fourth-order valence-corrected chi connectivity index (χ4v) is 0.689. The Morgan fingerprint density at radius 3 is 3.00 bits per heavy atom. The average molecular weight is 152 g/mol. The highest BCUT2D eigenvalue weighted by Crippen LogP contribution is 2.03. The number of hydrogen-bond donors (Lipinski definition) is 2. The molecule has 0 spiro atoms. The van der Waals surface area contributed by atoms with E-state index < -0.39 is 5.97 Å². The lowest BCUT2D eigenvalue weighted by Crippen LogP contribution is -1.85. The Kier molecular flexibility index (Phi) is 2.06. The molecule has 0 saturated heterocycles. The Morgan fingerprint density at radius 2 is 2.55 bits per heavy atom. The van der Waals surface area contributed by atoms with Crippen molar-refractivity contribution in [2.45, 2.75) is 6.92 Å². The van der Waals surface area contributed by atoms with E-state index in [-0.39, 0.29) is 0 Å². The minimum atomic E-state index is -0.953. The summed E-state index contributed by atoms with van der Waals surface area (Å²) in [5, 5.41) is 14.7. The van der Waals surface area contributed by atoms with Gasteiger partial charge in [0.15, 0.2) is 0 Å². The Balaban J connectivity index is 2.79. The number of nitrogens with one attached hydrogen (secondary N) is 1. The van der Waals surface area contributed by atoms with Gasteiger partial charge in [-0.2, -0.15) is 5.10 Å². The molecule has 1 aromatic rings. The number of aryl methyl sites for hydroxylation is 1. The van der Waals surface area contributed by atoms with Crippen LogP contribution in [0.5, 0.6) is 0 Å². The van der Waals surface area contributed by atoms with Gasteiger partial charge < -0.3 is 5.11 Å². The first-order chi connectivity index (χ1) is 5.20. The van der Waals surface area contributed by atoms with Crippen molar-refractivity contribution in [3.05, 3.63) is 23.5 Å². The van der Waals surface area contributed by atoms with E-state index in [1.54, 1.807) is 6.20 Å². The van der Waals surface area contributed by atoms with Gasteiger partial charge in [-0.1, -0.05) is 0 Å². The molecule has 0 fully saturated rings. The minimum absolute atomic E-state index is 0.799. The van der Waals surface area contributed by atoms with Crippen LogP contribution in [0.4, 0.5) is 0 Å². The van der Waals surface area contributed by atoms with E-state index >= 15 is 0 Å². The van der Waals surface area contributed by atoms with Crippen LogP contribution in [0.2, 0.25) is 0 Å². The molecule has 0 aromatic carbocycles. The maximum absolute atomic E-state index is 10.1. The van der Waals surface area contributed by atoms with Crippen molar-refractivity contribution in [1.82, 2.24) is 10.2 Å². The van der Waals surface area contributed by atoms with Crippen LogP contribution in [0.15, 0.2) is 12.3 Å². The highest BCUT2D eigenvalue weighted by Gasteiger charge is 1.94. The summed E-state index contributed by atoms with van der Waals surface area (Å²) in [6.07, 6.45) is 4.16. The molecule has 0 bridgehead atoms. The zero-order valence-electron chi connectivity index (χ0n) is 6.03. The molecule has 4 nitrogen and oxygen atoms in total. The predicted molar refractivity (Wildman–Crippen MR) is 40.0 cm³/mol. The van der Waals surface area contributed by atoms with Crippen LogP contribution < -0.4 is 0 Å². The van der Waals surface area contributed by atoms with Crippen molar-refractivity contribution < 1.29 is 9.90 Å². The van der Waals surface area contributed by atoms with Gasteiger partial charge in [0.05, 0.1) is 6.20 Å². The van der Waals surface area contributed by atoms with E-state index in [4.69, 9.17) is 5.11 Å². The Morgan fingerprint density at radius 1 is 1.82 bits per heavy atom. The molecule has 0 aliphatic carbocycles. The van der Waals surface area contributed by atoms with E-state index in [1.807, 2.05) is 6.92 Å². The number of H-pyrrole nitrogens is 1. The molecule has 0 atom stereocenters. The van der Waals surface area contributed by atoms with Crippen LogP contribution in [0.3, 0.4) is 0 Å². The van der Waals surface area contributed by atoms with Gasteiger partial charge in [0.2, 0.25) is 0 Å². The zero-order valence-corrected chi connectivity index (χ0v) is 6.03. The molecular formula is C7H8N2O2. The summed E-state index contributed by atoms with van der Waals surface area (Å²) in [5.41, 5.74) is 1.66. The molecule has 0 saturated carbocycles. The van der Waals surface area contributed by atoms with E-state index in [2.05, 4.69) is 10.2 Å². The highest BCUT2D eigenvalue weighted by molar-refractivity contribution is 5.85. The number of carbonyl (C=O) groups is 1. The smallest absolute Gasteiger partial charge is 0.328 e. The largest absolute Gasteiger partial charge is 0.478 e. The second-order valence-electron chi connectivity index (χ2n) is 2.12. The molecule has 2 N–H and O–H groups in total. The Labute approximate surface area is 63.6 Å². The van der Waals surface area contributed by atoms with Crippen LogP contribution in [0.1, 0.15) is 11.3 Å². The summed E-state index contributed by atoms with van der Waals surface area (Å²) >= 11 is 0. The number of carboxylic acids is 1. The fourth-order valence-electron chi connectivity index (χ4n) is 0.689. The maximum atomic E-state index is 10.1. The normalized spacial score (nSPS) is 10.6. The first kappa shape index (κ1) is 7.53. The topological polar surface area (TPSA) is 66.0 Å². The summed E-state index contributed by atoms with van der Waals surface area (Å²) in [6.45, 7) is 1.83. The van der Waals surface area contributed by atoms with Crippen molar-refractivity contribution in [2.75, 3.05) is 0 Å². The van der Waals surface area contributed by atoms with Crippen LogP contribution in [0.25, 0.3) is 6.08 Å². The lowest BCUT2D eigenvalue weighted by molar-refractivity contribution is -0.131. The first-order valence-electron chi connectivity index (χ1n) is 3.11. The molecule has 1 rings (SSSR count). The van der Waals surface area contributed by atoms with Crippen molar-refractivity contribution >= 4 is 12.0 Å². The molecule has 0 aliphatic rings. The van der Waals surface area contributed by atoms with Gasteiger partial charge in [0.1, 0.15) is 0 Å². The van der Waals surface area contributed by atoms with E-state index in [9.17, 15) is 4.79 Å². The molecule has 4 heteroatoms. The summed E-state index contributed by atoms with van der Waals surface area (Å²) in [5.74, 6) is -0.953. The predicted octanol–water partition coefficient (Wildman–Crippen LogP) is 0.816. The monoisotopic (exact) mass is 152 g/mol. The number of rotatable bonds is 2. The molecule has 1 aromatic heterocycles. The van der Waals surface area contributed by atoms with E-state index in [1.165, 1.54) is 6.08 Å². The van der Waals surface area contributed by atoms with Crippen LogP contribution >= 0.6 is 0 Å². The van der Waals surface area contributed by atoms with Crippen molar-refractivity contribution in [2.24, 2.45) is 0 Å². The van der Waals surface area contributed by atoms with Crippen molar-refractivity contribution in [1.29, 1.82) is 0 Å². The van der Waals surface area contributed by atoms with Gasteiger partial charge >= 0.3 is 5.97 Å². The van der Waals surface area contributed by atoms with Crippen LogP contribution in [0, 0.1) is 6.92 Å². The van der Waals surface area contributed by atoms with Crippen molar-refractivity contribution in [3.63, 3.8) is 0 Å². The molecule has 58 valence electrons. The van der Waals surface area contributed by atoms with E-state index in [0.29, 0.717) is 0 Å². The van der Waals surface area contributed by atoms with Gasteiger partial charge in [-0.15, -0.1) is 0 Å². The summed E-state index contributed by atoms with van der Waals surface area (Å²) in [7, 11) is 0. The third-order valence-electron chi connectivity index (χ3n) is 1.27. The number of aromatic nitrogens is 2. The first-order valence-corrected chi connectivity index (χ1v) is 3.11. The average Bonchev–Trinajstić information content (AvgIpc) is 2.31. The molecule has 1 heterocycles. The molecular weight excluding hydrogens is 144 g/mol. The standard InChI is InChI=1S/C7H8N2O2/c1-5-6(4-8-9-5)2-3-7(10)11/h2-4H,1H3,(H,8,9)(H,10,11)/b3-2+. The summed E-state index contributed by atoms with van der Waals surface area (Å²) < 4.78 is 0. The quantitative estimate of drug-likeness (QED) is 0.616. The van der Waals surface area contributed by atoms with E-state index in [0.717, 1.165) is 17.3 Å². The third-order valence-corrected chi connectivity index (χ3v) is 1.27. The minimum Gasteiger partial charge on any atom is -0.478 e. The fraction of sp³-hybridized carbons (Fsp3) is 0.143. The number of carboxylic acid groups (broad SMARTS) is 1. The third kappa shape index (κ3) is 1.93.